The number of carbonyl (C=O) groups excluding carboxylic acids is 2. The summed E-state index contributed by atoms with van der Waals surface area (Å²) < 4.78 is 7.14. The van der Waals surface area contributed by atoms with Crippen molar-refractivity contribution < 1.29 is 14.3 Å². The van der Waals surface area contributed by atoms with Gasteiger partial charge in [-0.25, -0.2) is 4.79 Å². The molecule has 0 N–H and O–H groups in total. The highest BCUT2D eigenvalue weighted by molar-refractivity contribution is 5.93. The molecule has 1 aliphatic carbocycles. The normalized spacial score (nSPS) is 16.3. The van der Waals surface area contributed by atoms with Crippen LogP contribution >= 0.6 is 0 Å². The lowest BCUT2D eigenvalue weighted by molar-refractivity contribution is 0.0513. The molecule has 26 heavy (non-hydrogen) atoms. The van der Waals surface area contributed by atoms with E-state index in [-0.39, 0.29) is 5.91 Å². The van der Waals surface area contributed by atoms with Crippen molar-refractivity contribution in [2.24, 2.45) is 5.92 Å². The Kier molecular flexibility index (Phi) is 4.44. The van der Waals surface area contributed by atoms with E-state index in [1.54, 1.807) is 36.2 Å². The molecule has 2 aliphatic rings. The van der Waals surface area contributed by atoms with E-state index < -0.39 is 5.97 Å². The van der Waals surface area contributed by atoms with E-state index >= 15 is 0 Å². The van der Waals surface area contributed by atoms with Gasteiger partial charge in [0.2, 0.25) is 0 Å². The molecular weight excluding hydrogens is 332 g/mol. The van der Waals surface area contributed by atoms with Gasteiger partial charge in [0.05, 0.1) is 13.2 Å². The van der Waals surface area contributed by atoms with E-state index in [0.717, 1.165) is 17.8 Å². The molecule has 0 bridgehead atoms. The molecule has 1 aliphatic heterocycles. The molecule has 0 radical (unpaired) electrons. The second-order valence-corrected chi connectivity index (χ2v) is 6.81. The van der Waals surface area contributed by atoms with Gasteiger partial charge in [0.15, 0.2) is 5.69 Å². The highest BCUT2D eigenvalue weighted by Gasteiger charge is 2.33. The summed E-state index contributed by atoms with van der Waals surface area (Å²) in [5.41, 5.74) is 2.64. The average molecular weight is 354 g/mol. The lowest BCUT2D eigenvalue weighted by Crippen LogP contribution is -2.37. The number of amides is 1. The van der Waals surface area contributed by atoms with Gasteiger partial charge >= 0.3 is 5.97 Å². The van der Waals surface area contributed by atoms with Gasteiger partial charge in [-0.05, 0) is 37.8 Å². The summed E-state index contributed by atoms with van der Waals surface area (Å²) in [4.78, 5) is 31.0. The molecule has 4 rings (SSSR count). The molecular formula is C19H22N4O3. The van der Waals surface area contributed by atoms with Gasteiger partial charge in [0, 0.05) is 37.0 Å². The van der Waals surface area contributed by atoms with Crippen LogP contribution in [0.25, 0.3) is 0 Å². The van der Waals surface area contributed by atoms with Crippen molar-refractivity contribution >= 4 is 11.9 Å². The summed E-state index contributed by atoms with van der Waals surface area (Å²) in [6, 6.07) is 5.29. The fraction of sp³-hybridized carbons (Fsp3) is 0.474. The zero-order chi connectivity index (χ0) is 18.1. The monoisotopic (exact) mass is 354 g/mol. The topological polar surface area (TPSA) is 77.3 Å². The number of hydrogen-bond donors (Lipinski definition) is 0. The Morgan fingerprint density at radius 1 is 1.31 bits per heavy atom. The zero-order valence-electron chi connectivity index (χ0n) is 14.9. The third kappa shape index (κ3) is 3.21. The van der Waals surface area contributed by atoms with E-state index in [2.05, 4.69) is 10.1 Å². The number of carbonyl (C=O) groups is 2. The van der Waals surface area contributed by atoms with Crippen molar-refractivity contribution in [3.8, 4) is 0 Å². The number of pyridine rings is 1. The van der Waals surface area contributed by atoms with E-state index in [9.17, 15) is 9.59 Å². The molecule has 0 saturated heterocycles. The summed E-state index contributed by atoms with van der Waals surface area (Å²) in [6.45, 7) is 3.89. The van der Waals surface area contributed by atoms with Crippen LogP contribution in [0, 0.1) is 5.92 Å². The summed E-state index contributed by atoms with van der Waals surface area (Å²) in [5.74, 6) is 0.119. The summed E-state index contributed by atoms with van der Waals surface area (Å²) in [7, 11) is 0. The van der Waals surface area contributed by atoms with Gasteiger partial charge in [-0.3, -0.25) is 14.5 Å². The molecule has 1 fully saturated rings. The summed E-state index contributed by atoms with van der Waals surface area (Å²) >= 11 is 0. The van der Waals surface area contributed by atoms with E-state index in [1.165, 1.54) is 12.8 Å². The predicted molar refractivity (Wildman–Crippen MR) is 93.6 cm³/mol. The number of fused-ring (bicyclic) bond motifs is 1. The van der Waals surface area contributed by atoms with E-state index in [0.29, 0.717) is 43.4 Å². The van der Waals surface area contributed by atoms with Crippen LogP contribution in [-0.4, -0.2) is 44.7 Å². The van der Waals surface area contributed by atoms with Crippen LogP contribution in [0.2, 0.25) is 0 Å². The first kappa shape index (κ1) is 16.8. The standard InChI is InChI=1S/C19H22N4O3/c1-2-26-19(25)17-14-12-22(18(24)15-5-3-4-9-20-15)10-8-16(14)23(21-17)11-13-6-7-13/h3-5,9,13H,2,6-8,10-12H2,1H3. The molecule has 1 saturated carbocycles. The van der Waals surface area contributed by atoms with Gasteiger partial charge in [-0.1, -0.05) is 6.07 Å². The van der Waals surface area contributed by atoms with Gasteiger partial charge in [-0.2, -0.15) is 5.10 Å². The molecule has 3 heterocycles. The third-order valence-corrected chi connectivity index (χ3v) is 4.90. The Bertz CT molecular complexity index is 827. The minimum absolute atomic E-state index is 0.124. The highest BCUT2D eigenvalue weighted by atomic mass is 16.5. The van der Waals surface area contributed by atoms with Crippen LogP contribution in [0.4, 0.5) is 0 Å². The SMILES string of the molecule is CCOC(=O)c1nn(CC2CC2)c2c1CN(C(=O)c1ccccn1)CC2. The Morgan fingerprint density at radius 2 is 2.15 bits per heavy atom. The number of ether oxygens (including phenoxy) is 1. The summed E-state index contributed by atoms with van der Waals surface area (Å²) in [5, 5.41) is 4.55. The van der Waals surface area contributed by atoms with Gasteiger partial charge < -0.3 is 9.64 Å². The Hall–Kier alpha value is -2.70. The average Bonchev–Trinajstić information content (AvgIpc) is 3.42. The van der Waals surface area contributed by atoms with Crippen LogP contribution in [-0.2, 0) is 24.2 Å². The lowest BCUT2D eigenvalue weighted by Gasteiger charge is -2.27. The first-order valence-electron chi connectivity index (χ1n) is 9.13. The number of aromatic nitrogens is 3. The number of rotatable bonds is 5. The third-order valence-electron chi connectivity index (χ3n) is 4.90. The minimum Gasteiger partial charge on any atom is -0.461 e. The second kappa shape index (κ2) is 6.90. The molecule has 0 unspecified atom stereocenters. The smallest absolute Gasteiger partial charge is 0.359 e. The number of esters is 1. The molecule has 0 spiro atoms. The van der Waals surface area contributed by atoms with Crippen molar-refractivity contribution in [2.75, 3.05) is 13.2 Å². The molecule has 2 aromatic heterocycles. The molecule has 0 aromatic carbocycles. The van der Waals surface area contributed by atoms with Gasteiger partial charge in [-0.15, -0.1) is 0 Å². The number of hydrogen-bond acceptors (Lipinski definition) is 5. The summed E-state index contributed by atoms with van der Waals surface area (Å²) in [6.07, 6.45) is 4.73. The largest absolute Gasteiger partial charge is 0.461 e. The van der Waals surface area contributed by atoms with Crippen molar-refractivity contribution in [1.82, 2.24) is 19.7 Å². The highest BCUT2D eigenvalue weighted by Crippen LogP contribution is 2.33. The van der Waals surface area contributed by atoms with Crippen molar-refractivity contribution in [3.63, 3.8) is 0 Å². The first-order chi connectivity index (χ1) is 12.7. The Labute approximate surface area is 152 Å². The maximum atomic E-state index is 12.7. The minimum atomic E-state index is -0.412. The number of nitrogens with zero attached hydrogens (tertiary/aromatic N) is 4. The van der Waals surface area contributed by atoms with Gasteiger partial charge in [0.25, 0.3) is 5.91 Å². The van der Waals surface area contributed by atoms with Crippen LogP contribution < -0.4 is 0 Å². The Balaban J connectivity index is 1.62. The molecule has 2 aromatic rings. The van der Waals surface area contributed by atoms with E-state index in [4.69, 9.17) is 4.74 Å². The predicted octanol–water partition coefficient (Wildman–Crippen LogP) is 2.06. The maximum Gasteiger partial charge on any atom is 0.359 e. The lowest BCUT2D eigenvalue weighted by atomic mass is 10.0. The molecule has 7 nitrogen and oxygen atoms in total. The van der Waals surface area contributed by atoms with Crippen LogP contribution in [0.5, 0.6) is 0 Å². The maximum absolute atomic E-state index is 12.7. The quantitative estimate of drug-likeness (QED) is 0.768. The molecule has 7 heteroatoms. The fourth-order valence-electron chi connectivity index (χ4n) is 3.37. The van der Waals surface area contributed by atoms with Crippen molar-refractivity contribution in [2.45, 2.75) is 39.3 Å². The van der Waals surface area contributed by atoms with E-state index in [1.807, 2.05) is 4.68 Å². The van der Waals surface area contributed by atoms with Crippen LogP contribution in [0.3, 0.4) is 0 Å². The Morgan fingerprint density at radius 3 is 2.85 bits per heavy atom. The molecule has 0 atom stereocenters. The van der Waals surface area contributed by atoms with Crippen molar-refractivity contribution in [3.05, 3.63) is 47.0 Å². The molecule has 1 amide bonds. The van der Waals surface area contributed by atoms with Gasteiger partial charge in [0.1, 0.15) is 5.69 Å². The first-order valence-corrected chi connectivity index (χ1v) is 9.13. The molecule has 136 valence electrons. The van der Waals surface area contributed by atoms with Crippen molar-refractivity contribution in [1.29, 1.82) is 0 Å². The van der Waals surface area contributed by atoms with Crippen LogP contribution in [0.15, 0.2) is 24.4 Å². The fourth-order valence-corrected chi connectivity index (χ4v) is 3.37. The zero-order valence-corrected chi connectivity index (χ0v) is 14.9. The second-order valence-electron chi connectivity index (χ2n) is 6.81. The van der Waals surface area contributed by atoms with Crippen LogP contribution in [0.1, 0.15) is 52.0 Å².